The minimum absolute atomic E-state index is 0.0490. The summed E-state index contributed by atoms with van der Waals surface area (Å²) in [5.74, 6) is 2.12. The predicted octanol–water partition coefficient (Wildman–Crippen LogP) is 5.42. The molecule has 1 amide bonds. The number of carbonyl (C=O) groups is 1. The van der Waals surface area contributed by atoms with E-state index in [4.69, 9.17) is 25.6 Å². The lowest BCUT2D eigenvalue weighted by Gasteiger charge is -2.34. The summed E-state index contributed by atoms with van der Waals surface area (Å²) in [6.45, 7) is 0.488. The van der Waals surface area contributed by atoms with Crippen molar-refractivity contribution in [2.45, 2.75) is 44.6 Å². The van der Waals surface area contributed by atoms with E-state index in [0.717, 1.165) is 31.2 Å². The standard InChI is InChI=1S/C25H28ClN3O4/c1-31-21-13-12-17(16-22(21)32-2)24-27-23(33-28-24)14-15-29(18-8-4-3-5-9-18)25(30)19-10-6-7-11-20(19)26/h6-7,10-13,16,18H,3-5,8-9,14-15H2,1-2H3. The third kappa shape index (κ3) is 5.30. The molecule has 1 aliphatic carbocycles. The Kier molecular flexibility index (Phi) is 7.50. The Morgan fingerprint density at radius 1 is 1.09 bits per heavy atom. The normalized spacial score (nSPS) is 14.2. The SMILES string of the molecule is COc1ccc(-c2noc(CCN(C(=O)c3ccccc3Cl)C3CCCCC3)n2)cc1OC. The second kappa shape index (κ2) is 10.7. The van der Waals surface area contributed by atoms with Crippen LogP contribution in [0.15, 0.2) is 47.0 Å². The molecule has 2 aromatic carbocycles. The number of hydrogen-bond donors (Lipinski definition) is 0. The minimum Gasteiger partial charge on any atom is -0.493 e. The molecule has 0 aliphatic heterocycles. The highest BCUT2D eigenvalue weighted by molar-refractivity contribution is 6.33. The molecule has 1 aromatic heterocycles. The molecular weight excluding hydrogens is 442 g/mol. The Morgan fingerprint density at radius 2 is 1.85 bits per heavy atom. The number of amides is 1. The molecule has 4 rings (SSSR count). The second-order valence-electron chi connectivity index (χ2n) is 8.10. The van der Waals surface area contributed by atoms with Gasteiger partial charge in [-0.3, -0.25) is 4.79 Å². The molecule has 0 atom stereocenters. The number of rotatable bonds is 8. The highest BCUT2D eigenvalue weighted by atomic mass is 35.5. The van der Waals surface area contributed by atoms with E-state index in [2.05, 4.69) is 10.1 Å². The zero-order chi connectivity index (χ0) is 23.2. The molecule has 8 heteroatoms. The van der Waals surface area contributed by atoms with Crippen molar-refractivity contribution in [1.29, 1.82) is 0 Å². The van der Waals surface area contributed by atoms with Crippen molar-refractivity contribution in [3.8, 4) is 22.9 Å². The number of ether oxygens (including phenoxy) is 2. The highest BCUT2D eigenvalue weighted by Crippen LogP contribution is 2.31. The molecule has 0 saturated heterocycles. The van der Waals surface area contributed by atoms with E-state index >= 15 is 0 Å². The largest absolute Gasteiger partial charge is 0.493 e. The molecule has 174 valence electrons. The fourth-order valence-electron chi connectivity index (χ4n) is 4.30. The topological polar surface area (TPSA) is 77.7 Å². The predicted molar refractivity (Wildman–Crippen MR) is 126 cm³/mol. The van der Waals surface area contributed by atoms with E-state index in [1.165, 1.54) is 6.42 Å². The number of nitrogens with zero attached hydrogens (tertiary/aromatic N) is 3. The summed E-state index contributed by atoms with van der Waals surface area (Å²) in [6, 6.07) is 12.9. The van der Waals surface area contributed by atoms with E-state index in [0.29, 0.717) is 46.8 Å². The van der Waals surface area contributed by atoms with Crippen molar-refractivity contribution in [1.82, 2.24) is 15.0 Å². The lowest BCUT2D eigenvalue weighted by atomic mass is 9.93. The van der Waals surface area contributed by atoms with Gasteiger partial charge in [0.1, 0.15) is 0 Å². The molecule has 1 aliphatic rings. The lowest BCUT2D eigenvalue weighted by Crippen LogP contribution is -2.42. The average Bonchev–Trinajstić information content (AvgIpc) is 3.33. The van der Waals surface area contributed by atoms with E-state index in [1.807, 2.05) is 29.2 Å². The van der Waals surface area contributed by atoms with Gasteiger partial charge in [0.2, 0.25) is 11.7 Å². The molecule has 0 radical (unpaired) electrons. The van der Waals surface area contributed by atoms with Gasteiger partial charge in [-0.05, 0) is 43.2 Å². The summed E-state index contributed by atoms with van der Waals surface area (Å²) in [5, 5.41) is 4.59. The first-order valence-corrected chi connectivity index (χ1v) is 11.6. The number of halogens is 1. The summed E-state index contributed by atoms with van der Waals surface area (Å²) < 4.78 is 16.1. The lowest BCUT2D eigenvalue weighted by molar-refractivity contribution is 0.0632. The van der Waals surface area contributed by atoms with Crippen molar-refractivity contribution in [3.05, 3.63) is 58.9 Å². The molecule has 7 nitrogen and oxygen atoms in total. The average molecular weight is 470 g/mol. The fourth-order valence-corrected chi connectivity index (χ4v) is 4.51. The first-order chi connectivity index (χ1) is 16.1. The Morgan fingerprint density at radius 3 is 2.58 bits per heavy atom. The summed E-state index contributed by atoms with van der Waals surface area (Å²) in [4.78, 5) is 19.9. The maximum Gasteiger partial charge on any atom is 0.255 e. The summed E-state index contributed by atoms with van der Waals surface area (Å²) >= 11 is 6.33. The Bertz CT molecular complexity index is 1090. The van der Waals surface area contributed by atoms with Crippen LogP contribution in [0.2, 0.25) is 5.02 Å². The van der Waals surface area contributed by atoms with Crippen LogP contribution in [0.4, 0.5) is 0 Å². The molecule has 0 spiro atoms. The van der Waals surface area contributed by atoms with Crippen LogP contribution in [0.3, 0.4) is 0 Å². The van der Waals surface area contributed by atoms with Gasteiger partial charge < -0.3 is 18.9 Å². The number of methoxy groups -OCH3 is 2. The van der Waals surface area contributed by atoms with Crippen LogP contribution < -0.4 is 9.47 Å². The second-order valence-corrected chi connectivity index (χ2v) is 8.51. The summed E-state index contributed by atoms with van der Waals surface area (Å²) in [6.07, 6.45) is 5.92. The smallest absolute Gasteiger partial charge is 0.255 e. The maximum absolute atomic E-state index is 13.4. The zero-order valence-corrected chi connectivity index (χ0v) is 19.7. The van der Waals surface area contributed by atoms with Gasteiger partial charge in [0.05, 0.1) is 24.8 Å². The Labute approximate surface area is 198 Å². The van der Waals surface area contributed by atoms with Crippen molar-refractivity contribution in [2.75, 3.05) is 20.8 Å². The molecule has 1 fully saturated rings. The van der Waals surface area contributed by atoms with Gasteiger partial charge in [-0.15, -0.1) is 0 Å². The van der Waals surface area contributed by atoms with E-state index in [-0.39, 0.29) is 11.9 Å². The maximum atomic E-state index is 13.4. The van der Waals surface area contributed by atoms with Gasteiger partial charge in [-0.25, -0.2) is 0 Å². The number of carbonyl (C=O) groups excluding carboxylic acids is 1. The van der Waals surface area contributed by atoms with Crippen LogP contribution in [-0.4, -0.2) is 47.8 Å². The molecule has 0 N–H and O–H groups in total. The van der Waals surface area contributed by atoms with Crippen LogP contribution in [0, 0.1) is 0 Å². The van der Waals surface area contributed by atoms with Crippen molar-refractivity contribution in [2.24, 2.45) is 0 Å². The third-order valence-corrected chi connectivity index (χ3v) is 6.39. The van der Waals surface area contributed by atoms with Crippen LogP contribution in [0.5, 0.6) is 11.5 Å². The van der Waals surface area contributed by atoms with E-state index < -0.39 is 0 Å². The van der Waals surface area contributed by atoms with Gasteiger partial charge in [-0.1, -0.05) is 48.2 Å². The van der Waals surface area contributed by atoms with Crippen LogP contribution >= 0.6 is 11.6 Å². The van der Waals surface area contributed by atoms with Crippen LogP contribution in [0.25, 0.3) is 11.4 Å². The van der Waals surface area contributed by atoms with Crippen molar-refractivity contribution in [3.63, 3.8) is 0 Å². The first-order valence-electron chi connectivity index (χ1n) is 11.2. The fraction of sp³-hybridized carbons (Fsp3) is 0.400. The van der Waals surface area contributed by atoms with E-state index in [1.54, 1.807) is 32.4 Å². The van der Waals surface area contributed by atoms with Gasteiger partial charge in [0, 0.05) is 24.6 Å². The molecule has 0 unspecified atom stereocenters. The zero-order valence-electron chi connectivity index (χ0n) is 18.9. The van der Waals surface area contributed by atoms with Gasteiger partial charge >= 0.3 is 0 Å². The Hall–Kier alpha value is -3.06. The van der Waals surface area contributed by atoms with Crippen molar-refractivity contribution < 1.29 is 18.8 Å². The van der Waals surface area contributed by atoms with Gasteiger partial charge in [0.15, 0.2) is 11.5 Å². The number of hydrogen-bond acceptors (Lipinski definition) is 6. The van der Waals surface area contributed by atoms with E-state index in [9.17, 15) is 4.79 Å². The first kappa shape index (κ1) is 23.1. The minimum atomic E-state index is -0.0490. The number of benzene rings is 2. The monoisotopic (exact) mass is 469 g/mol. The third-order valence-electron chi connectivity index (χ3n) is 6.06. The quantitative estimate of drug-likeness (QED) is 0.438. The molecule has 0 bridgehead atoms. The molecule has 1 heterocycles. The molecule has 3 aromatic rings. The summed E-state index contributed by atoms with van der Waals surface area (Å²) in [7, 11) is 3.17. The van der Waals surface area contributed by atoms with Gasteiger partial charge in [0.25, 0.3) is 5.91 Å². The molecular formula is C25H28ClN3O4. The Balaban J connectivity index is 1.51. The number of aromatic nitrogens is 2. The van der Waals surface area contributed by atoms with Crippen molar-refractivity contribution >= 4 is 17.5 Å². The molecule has 1 saturated carbocycles. The van der Waals surface area contributed by atoms with Gasteiger partial charge in [-0.2, -0.15) is 4.98 Å². The highest BCUT2D eigenvalue weighted by Gasteiger charge is 2.28. The summed E-state index contributed by atoms with van der Waals surface area (Å²) in [5.41, 5.74) is 1.29. The van der Waals surface area contributed by atoms with Crippen LogP contribution in [-0.2, 0) is 6.42 Å². The van der Waals surface area contributed by atoms with Crippen LogP contribution in [0.1, 0.15) is 48.4 Å². The molecule has 33 heavy (non-hydrogen) atoms.